The van der Waals surface area contributed by atoms with Gasteiger partial charge in [-0.15, -0.1) is 0 Å². The Balaban J connectivity index is 1.38. The molecule has 9 rings (SSSR count). The van der Waals surface area contributed by atoms with E-state index >= 15 is 0 Å². The van der Waals surface area contributed by atoms with Gasteiger partial charge in [-0.1, -0.05) is 72.8 Å². The van der Waals surface area contributed by atoms with Gasteiger partial charge in [0, 0.05) is 16.2 Å². The third-order valence-electron chi connectivity index (χ3n) is 8.39. The van der Waals surface area contributed by atoms with Crippen LogP contribution in [0.5, 0.6) is 0 Å². The smallest absolute Gasteiger partial charge is 0.0547 e. The number of nitrogens with zero attached hydrogens (tertiary/aromatic N) is 1. The molecule has 0 saturated heterocycles. The summed E-state index contributed by atoms with van der Waals surface area (Å²) in [7, 11) is 0. The van der Waals surface area contributed by atoms with Gasteiger partial charge in [0.1, 0.15) is 0 Å². The Labute approximate surface area is 202 Å². The molecule has 0 saturated carbocycles. The standard InChI is InChI=1S/C34H21N/c1-3-9-24-20(7-1)15-22-16-29-23(17-28(22)24)18-30-25(29)13-14-27-33-19-21-8-2-5-11-31(21)35(33)32-12-6-4-10-26(32)34(27)30/h1-14,16-17,19H,15,18H2. The summed E-state index contributed by atoms with van der Waals surface area (Å²) < 4.78 is 2.45. The Hall–Kier alpha value is -4.36. The SMILES string of the molecule is c1ccc2c(c1)Cc1cc3c(cc1-2)Cc1c-3ccc2c1c1ccccc1n1c3ccccc3cc21. The molecule has 2 aliphatic rings. The van der Waals surface area contributed by atoms with Crippen LogP contribution in [0, 0.1) is 0 Å². The number of benzene rings is 5. The van der Waals surface area contributed by atoms with Gasteiger partial charge < -0.3 is 4.40 Å². The van der Waals surface area contributed by atoms with E-state index in [4.69, 9.17) is 0 Å². The highest BCUT2D eigenvalue weighted by molar-refractivity contribution is 6.18. The third kappa shape index (κ3) is 2.19. The van der Waals surface area contributed by atoms with Crippen molar-refractivity contribution in [2.24, 2.45) is 0 Å². The summed E-state index contributed by atoms with van der Waals surface area (Å²) in [6.45, 7) is 0. The second kappa shape index (κ2) is 6.20. The van der Waals surface area contributed by atoms with Crippen molar-refractivity contribution >= 4 is 38.1 Å². The lowest BCUT2D eigenvalue weighted by Gasteiger charge is -2.13. The zero-order valence-corrected chi connectivity index (χ0v) is 19.2. The number of para-hydroxylation sites is 2. The quantitative estimate of drug-likeness (QED) is 0.207. The first-order chi connectivity index (χ1) is 17.3. The van der Waals surface area contributed by atoms with Crippen LogP contribution >= 0.6 is 0 Å². The summed E-state index contributed by atoms with van der Waals surface area (Å²) in [6.07, 6.45) is 2.04. The van der Waals surface area contributed by atoms with E-state index in [1.54, 1.807) is 0 Å². The molecule has 0 atom stereocenters. The van der Waals surface area contributed by atoms with Crippen molar-refractivity contribution in [2.75, 3.05) is 0 Å². The average molecular weight is 444 g/mol. The lowest BCUT2D eigenvalue weighted by atomic mass is 9.95. The number of aromatic nitrogens is 1. The second-order valence-corrected chi connectivity index (χ2v) is 10.1. The maximum Gasteiger partial charge on any atom is 0.0547 e. The molecule has 0 spiro atoms. The van der Waals surface area contributed by atoms with Gasteiger partial charge >= 0.3 is 0 Å². The van der Waals surface area contributed by atoms with Gasteiger partial charge in [0.15, 0.2) is 0 Å². The summed E-state index contributed by atoms with van der Waals surface area (Å²) in [6, 6.07) is 38.7. The molecule has 0 N–H and O–H groups in total. The normalized spacial score (nSPS) is 13.5. The van der Waals surface area contributed by atoms with E-state index in [0.717, 1.165) is 12.8 Å². The van der Waals surface area contributed by atoms with Crippen molar-refractivity contribution in [3.63, 3.8) is 0 Å². The molecule has 0 aliphatic heterocycles. The van der Waals surface area contributed by atoms with Crippen LogP contribution in [0.15, 0.2) is 103 Å². The Morgan fingerprint density at radius 1 is 0.457 bits per heavy atom. The highest BCUT2D eigenvalue weighted by atomic mass is 14.9. The fraction of sp³-hybridized carbons (Fsp3) is 0.0588. The summed E-state index contributed by atoms with van der Waals surface area (Å²) in [5.41, 5.74) is 15.4. The summed E-state index contributed by atoms with van der Waals surface area (Å²) in [5, 5.41) is 5.41. The first kappa shape index (κ1) is 18.0. The molecular weight excluding hydrogens is 422 g/mol. The van der Waals surface area contributed by atoms with Crippen LogP contribution in [0.4, 0.5) is 0 Å². The topological polar surface area (TPSA) is 4.41 Å². The van der Waals surface area contributed by atoms with Crippen molar-refractivity contribution in [3.8, 4) is 22.3 Å². The van der Waals surface area contributed by atoms with Crippen molar-refractivity contribution in [1.82, 2.24) is 4.40 Å². The summed E-state index contributed by atoms with van der Waals surface area (Å²) in [5.74, 6) is 0. The molecule has 0 radical (unpaired) electrons. The predicted octanol–water partition coefficient (Wildman–Crippen LogP) is 8.54. The van der Waals surface area contributed by atoms with Crippen molar-refractivity contribution in [3.05, 3.63) is 125 Å². The van der Waals surface area contributed by atoms with Gasteiger partial charge in [-0.3, -0.25) is 0 Å². The molecule has 1 nitrogen and oxygen atoms in total. The van der Waals surface area contributed by atoms with Crippen LogP contribution in [0.1, 0.15) is 22.3 Å². The van der Waals surface area contributed by atoms with Crippen LogP contribution in [0.25, 0.3) is 60.3 Å². The first-order valence-electron chi connectivity index (χ1n) is 12.5. The van der Waals surface area contributed by atoms with E-state index in [-0.39, 0.29) is 0 Å². The van der Waals surface area contributed by atoms with Gasteiger partial charge in [-0.05, 0) is 93.1 Å². The van der Waals surface area contributed by atoms with Gasteiger partial charge in [0.25, 0.3) is 0 Å². The molecule has 2 heterocycles. The minimum atomic E-state index is 0.998. The molecule has 1 heteroatoms. The minimum absolute atomic E-state index is 0.998. The minimum Gasteiger partial charge on any atom is -0.309 e. The molecule has 0 bridgehead atoms. The highest BCUT2D eigenvalue weighted by Crippen LogP contribution is 2.48. The zero-order valence-electron chi connectivity index (χ0n) is 19.2. The Morgan fingerprint density at radius 3 is 2.11 bits per heavy atom. The van der Waals surface area contributed by atoms with E-state index in [1.807, 2.05) is 0 Å². The fourth-order valence-corrected chi connectivity index (χ4v) is 6.91. The van der Waals surface area contributed by atoms with Gasteiger partial charge in [-0.2, -0.15) is 0 Å². The predicted molar refractivity (Wildman–Crippen MR) is 146 cm³/mol. The number of fused-ring (bicyclic) bond motifs is 15. The first-order valence-corrected chi connectivity index (χ1v) is 12.5. The van der Waals surface area contributed by atoms with E-state index in [0.29, 0.717) is 0 Å². The molecule has 2 aromatic heterocycles. The van der Waals surface area contributed by atoms with Crippen LogP contribution in [-0.2, 0) is 12.8 Å². The van der Waals surface area contributed by atoms with Crippen LogP contribution in [0.3, 0.4) is 0 Å². The lowest BCUT2D eigenvalue weighted by molar-refractivity contribution is 1.25. The third-order valence-corrected chi connectivity index (χ3v) is 8.39. The highest BCUT2D eigenvalue weighted by Gasteiger charge is 2.27. The Morgan fingerprint density at radius 2 is 1.17 bits per heavy atom. The zero-order chi connectivity index (χ0) is 22.7. The van der Waals surface area contributed by atoms with E-state index in [9.17, 15) is 0 Å². The van der Waals surface area contributed by atoms with E-state index < -0.39 is 0 Å². The van der Waals surface area contributed by atoms with Gasteiger partial charge in [0.2, 0.25) is 0 Å². The molecule has 0 fully saturated rings. The van der Waals surface area contributed by atoms with Gasteiger partial charge in [-0.25, -0.2) is 0 Å². The lowest BCUT2D eigenvalue weighted by Crippen LogP contribution is -1.93. The molecule has 0 unspecified atom stereocenters. The van der Waals surface area contributed by atoms with E-state index in [2.05, 4.69) is 108 Å². The fourth-order valence-electron chi connectivity index (χ4n) is 6.91. The maximum atomic E-state index is 2.48. The summed E-state index contributed by atoms with van der Waals surface area (Å²) in [4.78, 5) is 0. The second-order valence-electron chi connectivity index (χ2n) is 10.1. The van der Waals surface area contributed by atoms with Crippen LogP contribution in [0.2, 0.25) is 0 Å². The maximum absolute atomic E-state index is 2.48. The van der Waals surface area contributed by atoms with Crippen LogP contribution < -0.4 is 0 Å². The number of rotatable bonds is 0. The molecular formula is C34H21N. The monoisotopic (exact) mass is 443 g/mol. The molecule has 0 amide bonds. The Kier molecular flexibility index (Phi) is 3.19. The van der Waals surface area contributed by atoms with Crippen molar-refractivity contribution in [2.45, 2.75) is 12.8 Å². The number of pyridine rings is 1. The summed E-state index contributed by atoms with van der Waals surface area (Å²) >= 11 is 0. The number of hydrogen-bond acceptors (Lipinski definition) is 0. The Bertz CT molecular complexity index is 2050. The average Bonchev–Trinajstić information content (AvgIpc) is 3.58. The van der Waals surface area contributed by atoms with Crippen molar-refractivity contribution < 1.29 is 0 Å². The molecule has 2 aliphatic carbocycles. The largest absolute Gasteiger partial charge is 0.309 e. The van der Waals surface area contributed by atoms with Gasteiger partial charge in [0.05, 0.1) is 16.6 Å². The molecule has 35 heavy (non-hydrogen) atoms. The number of hydrogen-bond donors (Lipinski definition) is 0. The molecule has 162 valence electrons. The van der Waals surface area contributed by atoms with Crippen LogP contribution in [-0.4, -0.2) is 4.40 Å². The molecule has 5 aromatic carbocycles. The molecule has 7 aromatic rings. The van der Waals surface area contributed by atoms with E-state index in [1.165, 1.54) is 82.6 Å². The van der Waals surface area contributed by atoms with Crippen molar-refractivity contribution in [1.29, 1.82) is 0 Å².